The number of hydrogen-bond donors (Lipinski definition) is 2. The molecule has 2 amide bonds. The van der Waals surface area contributed by atoms with Gasteiger partial charge in [-0.2, -0.15) is 0 Å². The molecule has 0 unspecified atom stereocenters. The van der Waals surface area contributed by atoms with Crippen LogP contribution in [0.2, 0.25) is 5.02 Å². The molecule has 2 rings (SSSR count). The monoisotopic (exact) mass is 308 g/mol. The first-order chi connectivity index (χ1) is 10.1. The van der Waals surface area contributed by atoms with E-state index >= 15 is 0 Å². The van der Waals surface area contributed by atoms with Crippen molar-refractivity contribution in [2.75, 3.05) is 6.54 Å². The van der Waals surface area contributed by atoms with E-state index in [4.69, 9.17) is 11.6 Å². The van der Waals surface area contributed by atoms with Gasteiger partial charge in [-0.25, -0.2) is 0 Å². The van der Waals surface area contributed by atoms with Crippen LogP contribution in [0.5, 0.6) is 0 Å². The van der Waals surface area contributed by atoms with Crippen LogP contribution in [0.3, 0.4) is 0 Å². The molecule has 0 bridgehead atoms. The molecule has 0 saturated heterocycles. The van der Waals surface area contributed by atoms with Crippen molar-refractivity contribution in [2.24, 2.45) is 5.92 Å². The Balaban J connectivity index is 1.67. The summed E-state index contributed by atoms with van der Waals surface area (Å²) in [5.74, 6) is -0.0757. The molecule has 1 aromatic rings. The van der Waals surface area contributed by atoms with E-state index in [1.54, 1.807) is 12.1 Å². The number of carbonyl (C=O) groups excluding carboxylic acids is 2. The maximum Gasteiger partial charge on any atom is 0.239 e. The summed E-state index contributed by atoms with van der Waals surface area (Å²) in [6, 6.07) is 7.30. The van der Waals surface area contributed by atoms with Gasteiger partial charge in [0.2, 0.25) is 11.8 Å². The lowest BCUT2D eigenvalue weighted by molar-refractivity contribution is -0.129. The molecule has 21 heavy (non-hydrogen) atoms. The molecular weight excluding hydrogens is 288 g/mol. The molecule has 2 N–H and O–H groups in total. The summed E-state index contributed by atoms with van der Waals surface area (Å²) in [5, 5.41) is 6.18. The second-order valence-electron chi connectivity index (χ2n) is 5.46. The molecule has 0 spiro atoms. The van der Waals surface area contributed by atoms with Crippen molar-refractivity contribution >= 4 is 23.4 Å². The van der Waals surface area contributed by atoms with Crippen molar-refractivity contribution in [1.82, 2.24) is 10.6 Å². The highest BCUT2D eigenvalue weighted by Crippen LogP contribution is 2.23. The minimum absolute atomic E-state index is 0.0105. The first-order valence-corrected chi connectivity index (χ1v) is 7.82. The minimum atomic E-state index is -0.172. The van der Waals surface area contributed by atoms with E-state index in [1.165, 1.54) is 6.42 Å². The van der Waals surface area contributed by atoms with Gasteiger partial charge in [-0.15, -0.1) is 0 Å². The number of rotatable bonds is 5. The minimum Gasteiger partial charge on any atom is -0.350 e. The summed E-state index contributed by atoms with van der Waals surface area (Å²) in [4.78, 5) is 23.6. The third kappa shape index (κ3) is 5.38. The van der Waals surface area contributed by atoms with Crippen molar-refractivity contribution < 1.29 is 9.59 Å². The summed E-state index contributed by atoms with van der Waals surface area (Å²) in [6.07, 6.45) is 5.32. The predicted molar refractivity (Wildman–Crippen MR) is 82.9 cm³/mol. The Morgan fingerprint density at radius 3 is 2.38 bits per heavy atom. The maximum atomic E-state index is 11.9. The molecule has 1 saturated carbocycles. The molecule has 1 aliphatic rings. The standard InChI is InChI=1S/C16H21ClN2O2/c17-14-8-6-12(7-9-14)10-18-15(20)11-19-16(21)13-4-2-1-3-5-13/h6-9,13H,1-5,10-11H2,(H,18,20)(H,19,21). The lowest BCUT2D eigenvalue weighted by Gasteiger charge is -2.20. The Morgan fingerprint density at radius 1 is 1.05 bits per heavy atom. The van der Waals surface area contributed by atoms with Gasteiger partial charge in [0, 0.05) is 17.5 Å². The largest absolute Gasteiger partial charge is 0.350 e. The normalized spacial score (nSPS) is 15.5. The van der Waals surface area contributed by atoms with E-state index in [0.29, 0.717) is 11.6 Å². The van der Waals surface area contributed by atoms with Gasteiger partial charge in [-0.1, -0.05) is 43.0 Å². The Bertz CT molecular complexity index is 482. The smallest absolute Gasteiger partial charge is 0.239 e. The molecule has 0 heterocycles. The highest BCUT2D eigenvalue weighted by atomic mass is 35.5. The molecule has 1 aromatic carbocycles. The number of carbonyl (C=O) groups is 2. The van der Waals surface area contributed by atoms with Crippen molar-refractivity contribution in [3.8, 4) is 0 Å². The van der Waals surface area contributed by atoms with Crippen LogP contribution in [-0.4, -0.2) is 18.4 Å². The fourth-order valence-corrected chi connectivity index (χ4v) is 2.67. The Kier molecular flexibility index (Phi) is 6.05. The van der Waals surface area contributed by atoms with Crippen LogP contribution < -0.4 is 10.6 Å². The third-order valence-electron chi connectivity index (χ3n) is 3.80. The van der Waals surface area contributed by atoms with Crippen LogP contribution in [0.15, 0.2) is 24.3 Å². The van der Waals surface area contributed by atoms with E-state index in [-0.39, 0.29) is 24.3 Å². The van der Waals surface area contributed by atoms with Crippen LogP contribution >= 0.6 is 11.6 Å². The zero-order chi connectivity index (χ0) is 15.1. The predicted octanol–water partition coefficient (Wildman–Crippen LogP) is 2.65. The fourth-order valence-electron chi connectivity index (χ4n) is 2.54. The van der Waals surface area contributed by atoms with E-state index in [0.717, 1.165) is 31.2 Å². The number of amides is 2. The molecule has 4 nitrogen and oxygen atoms in total. The second kappa shape index (κ2) is 8.03. The highest BCUT2D eigenvalue weighted by molar-refractivity contribution is 6.30. The molecule has 5 heteroatoms. The average molecular weight is 309 g/mol. The first kappa shape index (κ1) is 15.8. The summed E-state index contributed by atoms with van der Waals surface area (Å²) < 4.78 is 0. The van der Waals surface area contributed by atoms with Gasteiger partial charge < -0.3 is 10.6 Å². The van der Waals surface area contributed by atoms with Gasteiger partial charge in [0.05, 0.1) is 6.54 Å². The summed E-state index contributed by atoms with van der Waals surface area (Å²) in [5.41, 5.74) is 0.978. The van der Waals surface area contributed by atoms with Gasteiger partial charge in [0.25, 0.3) is 0 Å². The molecule has 0 aromatic heterocycles. The Hall–Kier alpha value is -1.55. The topological polar surface area (TPSA) is 58.2 Å². The van der Waals surface area contributed by atoms with Gasteiger partial charge >= 0.3 is 0 Å². The van der Waals surface area contributed by atoms with Gasteiger partial charge in [-0.05, 0) is 30.5 Å². The first-order valence-electron chi connectivity index (χ1n) is 7.44. The van der Waals surface area contributed by atoms with Gasteiger partial charge in [0.1, 0.15) is 0 Å². The molecule has 1 fully saturated rings. The molecule has 1 aliphatic carbocycles. The highest BCUT2D eigenvalue weighted by Gasteiger charge is 2.21. The van der Waals surface area contributed by atoms with Crippen LogP contribution in [0.25, 0.3) is 0 Å². The average Bonchev–Trinajstić information content (AvgIpc) is 2.53. The van der Waals surface area contributed by atoms with Crippen molar-refractivity contribution in [3.63, 3.8) is 0 Å². The Morgan fingerprint density at radius 2 is 1.71 bits per heavy atom. The van der Waals surface area contributed by atoms with Crippen molar-refractivity contribution in [1.29, 1.82) is 0 Å². The lowest BCUT2D eigenvalue weighted by Crippen LogP contribution is -2.39. The van der Waals surface area contributed by atoms with Crippen LogP contribution in [0, 0.1) is 5.92 Å². The zero-order valence-electron chi connectivity index (χ0n) is 12.0. The van der Waals surface area contributed by atoms with E-state index in [9.17, 15) is 9.59 Å². The number of benzene rings is 1. The number of halogens is 1. The molecule has 0 aliphatic heterocycles. The van der Waals surface area contributed by atoms with E-state index in [1.807, 2.05) is 12.1 Å². The van der Waals surface area contributed by atoms with E-state index < -0.39 is 0 Å². The second-order valence-corrected chi connectivity index (χ2v) is 5.89. The van der Waals surface area contributed by atoms with Crippen LogP contribution in [-0.2, 0) is 16.1 Å². The maximum absolute atomic E-state index is 11.9. The quantitative estimate of drug-likeness (QED) is 0.878. The fraction of sp³-hybridized carbons (Fsp3) is 0.500. The van der Waals surface area contributed by atoms with Gasteiger partial charge in [0.15, 0.2) is 0 Å². The number of nitrogens with one attached hydrogen (secondary N) is 2. The zero-order valence-corrected chi connectivity index (χ0v) is 12.8. The lowest BCUT2D eigenvalue weighted by atomic mass is 9.89. The van der Waals surface area contributed by atoms with Crippen LogP contribution in [0.1, 0.15) is 37.7 Å². The number of hydrogen-bond acceptors (Lipinski definition) is 2. The van der Waals surface area contributed by atoms with Crippen molar-refractivity contribution in [3.05, 3.63) is 34.9 Å². The molecular formula is C16H21ClN2O2. The van der Waals surface area contributed by atoms with E-state index in [2.05, 4.69) is 10.6 Å². The summed E-state index contributed by atoms with van der Waals surface area (Å²) in [7, 11) is 0. The summed E-state index contributed by atoms with van der Waals surface area (Å²) in [6.45, 7) is 0.484. The van der Waals surface area contributed by atoms with Gasteiger partial charge in [-0.3, -0.25) is 9.59 Å². The third-order valence-corrected chi connectivity index (χ3v) is 4.05. The summed E-state index contributed by atoms with van der Waals surface area (Å²) >= 11 is 5.80. The molecule has 114 valence electrons. The molecule has 0 atom stereocenters. The van der Waals surface area contributed by atoms with Crippen molar-refractivity contribution in [2.45, 2.75) is 38.6 Å². The SMILES string of the molecule is O=C(CNC(=O)C1CCCCC1)NCc1ccc(Cl)cc1. The molecule has 0 radical (unpaired) electrons. The van der Waals surface area contributed by atoms with Crippen LogP contribution in [0.4, 0.5) is 0 Å². The Labute approximate surface area is 130 Å².